The molecule has 170 valence electrons. The summed E-state index contributed by atoms with van der Waals surface area (Å²) in [4.78, 5) is 8.70. The van der Waals surface area contributed by atoms with Crippen molar-refractivity contribution in [3.63, 3.8) is 0 Å². The Morgan fingerprint density at radius 1 is 1.06 bits per heavy atom. The van der Waals surface area contributed by atoms with E-state index in [1.807, 2.05) is 29.8 Å². The summed E-state index contributed by atoms with van der Waals surface area (Å²) in [6.07, 6.45) is 1.11. The molecule has 0 fully saturated rings. The second-order valence-corrected chi connectivity index (χ2v) is 7.15. The smallest absolute Gasteiger partial charge is 0.422 e. The highest BCUT2D eigenvalue weighted by Gasteiger charge is 2.28. The van der Waals surface area contributed by atoms with E-state index < -0.39 is 12.8 Å². The van der Waals surface area contributed by atoms with Gasteiger partial charge in [0, 0.05) is 32.0 Å². The van der Waals surface area contributed by atoms with E-state index in [1.54, 1.807) is 24.7 Å². The van der Waals surface area contributed by atoms with Crippen LogP contribution < -0.4 is 15.4 Å². The van der Waals surface area contributed by atoms with Crippen LogP contribution in [0.1, 0.15) is 23.6 Å². The predicted octanol–water partition coefficient (Wildman–Crippen LogP) is 4.13. The minimum atomic E-state index is -4.35. The lowest BCUT2D eigenvalue weighted by atomic mass is 10.1. The van der Waals surface area contributed by atoms with Crippen molar-refractivity contribution in [3.05, 3.63) is 83.9 Å². The number of halogens is 3. The lowest BCUT2D eigenvalue weighted by Gasteiger charge is -2.13. The fourth-order valence-corrected chi connectivity index (χ4v) is 2.98. The molecule has 0 aliphatic carbocycles. The molecule has 32 heavy (non-hydrogen) atoms. The van der Waals surface area contributed by atoms with E-state index in [4.69, 9.17) is 4.74 Å². The van der Waals surface area contributed by atoms with Crippen molar-refractivity contribution in [1.82, 2.24) is 20.2 Å². The Labute approximate surface area is 185 Å². The summed E-state index contributed by atoms with van der Waals surface area (Å²) in [5.41, 5.74) is 3.16. The third-order valence-electron chi connectivity index (χ3n) is 4.47. The summed E-state index contributed by atoms with van der Waals surface area (Å²) >= 11 is 0. The monoisotopic (exact) mass is 445 g/mol. The van der Waals surface area contributed by atoms with Crippen LogP contribution in [0.4, 0.5) is 13.2 Å². The summed E-state index contributed by atoms with van der Waals surface area (Å²) < 4.78 is 43.5. The first kappa shape index (κ1) is 23.2. The molecule has 3 rings (SSSR count). The zero-order valence-corrected chi connectivity index (χ0v) is 17.8. The van der Waals surface area contributed by atoms with Crippen molar-refractivity contribution in [1.29, 1.82) is 0 Å². The van der Waals surface area contributed by atoms with Gasteiger partial charge in [0.25, 0.3) is 0 Å². The van der Waals surface area contributed by atoms with Crippen LogP contribution >= 0.6 is 0 Å². The lowest BCUT2D eigenvalue weighted by Crippen LogP contribution is -2.36. The van der Waals surface area contributed by atoms with Gasteiger partial charge in [0.2, 0.25) is 0 Å². The highest BCUT2D eigenvalue weighted by molar-refractivity contribution is 5.79. The molecule has 0 aliphatic rings. The molecule has 0 unspecified atom stereocenters. The number of ether oxygens (including phenoxy) is 1. The van der Waals surface area contributed by atoms with Gasteiger partial charge in [0.1, 0.15) is 5.75 Å². The first-order valence-corrected chi connectivity index (χ1v) is 10.3. The second kappa shape index (κ2) is 11.2. The number of benzene rings is 2. The fourth-order valence-electron chi connectivity index (χ4n) is 2.98. The van der Waals surface area contributed by atoms with Gasteiger partial charge in [-0.15, -0.1) is 0 Å². The Morgan fingerprint density at radius 2 is 1.84 bits per heavy atom. The highest BCUT2D eigenvalue weighted by atomic mass is 19.4. The third-order valence-corrected chi connectivity index (χ3v) is 4.47. The van der Waals surface area contributed by atoms with Gasteiger partial charge in [-0.2, -0.15) is 13.2 Å². The molecule has 0 spiro atoms. The molecular formula is C23H26F3N5O. The number of hydrogen-bond acceptors (Lipinski definition) is 3. The average molecular weight is 445 g/mol. The highest BCUT2D eigenvalue weighted by Crippen LogP contribution is 2.18. The number of hydrogen-bond donors (Lipinski definition) is 2. The van der Waals surface area contributed by atoms with E-state index in [2.05, 4.69) is 32.7 Å². The Hall–Kier alpha value is -3.49. The Bertz CT molecular complexity index is 986. The van der Waals surface area contributed by atoms with Crippen LogP contribution in [0.25, 0.3) is 0 Å². The standard InChI is InChI=1S/C23H26F3N5O/c1-2-28-22(29-13-18-6-8-21(9-7-18)32-16-23(24,25)26)30-14-19-4-3-5-20(12-19)15-31-11-10-27-17-31/h3-12,17H,2,13-16H2,1H3,(H2,28,29,30). The Kier molecular flexibility index (Phi) is 8.13. The molecule has 3 aromatic rings. The van der Waals surface area contributed by atoms with Crippen LogP contribution in [0.3, 0.4) is 0 Å². The number of aliphatic imine (C=N–C) groups is 1. The molecule has 0 saturated heterocycles. The number of nitrogens with one attached hydrogen (secondary N) is 2. The SMILES string of the molecule is CCNC(=NCc1cccc(Cn2ccnc2)c1)NCc1ccc(OCC(F)(F)F)cc1. The van der Waals surface area contributed by atoms with E-state index in [1.165, 1.54) is 17.7 Å². The van der Waals surface area contributed by atoms with Crippen LogP contribution in [0.15, 0.2) is 72.2 Å². The van der Waals surface area contributed by atoms with Crippen LogP contribution in [0, 0.1) is 0 Å². The number of guanidine groups is 1. The Balaban J connectivity index is 1.55. The molecular weight excluding hydrogens is 419 g/mol. The van der Waals surface area contributed by atoms with Crippen molar-refractivity contribution >= 4 is 5.96 Å². The van der Waals surface area contributed by atoms with Crippen molar-refractivity contribution in [2.45, 2.75) is 32.7 Å². The molecule has 9 heteroatoms. The minimum absolute atomic E-state index is 0.183. The molecule has 0 amide bonds. The van der Waals surface area contributed by atoms with Gasteiger partial charge in [-0.1, -0.05) is 36.4 Å². The van der Waals surface area contributed by atoms with Crippen molar-refractivity contribution in [2.75, 3.05) is 13.2 Å². The van der Waals surface area contributed by atoms with E-state index in [0.717, 1.165) is 17.7 Å². The molecule has 2 N–H and O–H groups in total. The van der Waals surface area contributed by atoms with E-state index >= 15 is 0 Å². The molecule has 0 atom stereocenters. The topological polar surface area (TPSA) is 63.5 Å². The lowest BCUT2D eigenvalue weighted by molar-refractivity contribution is -0.153. The van der Waals surface area contributed by atoms with Crippen LogP contribution in [-0.2, 0) is 19.6 Å². The molecule has 0 radical (unpaired) electrons. The first-order chi connectivity index (χ1) is 15.4. The Morgan fingerprint density at radius 3 is 2.53 bits per heavy atom. The molecule has 2 aromatic carbocycles. The predicted molar refractivity (Wildman–Crippen MR) is 117 cm³/mol. The number of nitrogens with zero attached hydrogens (tertiary/aromatic N) is 3. The number of aromatic nitrogens is 2. The molecule has 1 aromatic heterocycles. The van der Waals surface area contributed by atoms with Crippen molar-refractivity contribution in [3.8, 4) is 5.75 Å². The van der Waals surface area contributed by atoms with Crippen molar-refractivity contribution < 1.29 is 17.9 Å². The van der Waals surface area contributed by atoms with Gasteiger partial charge in [0.05, 0.1) is 12.9 Å². The van der Waals surface area contributed by atoms with Gasteiger partial charge < -0.3 is 19.9 Å². The summed E-state index contributed by atoms with van der Waals surface area (Å²) in [7, 11) is 0. The van der Waals surface area contributed by atoms with Crippen molar-refractivity contribution in [2.24, 2.45) is 4.99 Å². The van der Waals surface area contributed by atoms with Crippen LogP contribution in [-0.4, -0.2) is 34.8 Å². The summed E-state index contributed by atoms with van der Waals surface area (Å²) in [6, 6.07) is 14.7. The zero-order valence-electron chi connectivity index (χ0n) is 17.8. The molecule has 0 bridgehead atoms. The van der Waals surface area contributed by atoms with E-state index in [9.17, 15) is 13.2 Å². The molecule has 0 aliphatic heterocycles. The maximum Gasteiger partial charge on any atom is 0.422 e. The summed E-state index contributed by atoms with van der Waals surface area (Å²) in [5, 5.41) is 6.44. The normalized spacial score (nSPS) is 11.9. The van der Waals surface area contributed by atoms with Crippen LogP contribution in [0.2, 0.25) is 0 Å². The minimum Gasteiger partial charge on any atom is -0.484 e. The number of alkyl halides is 3. The fraction of sp³-hybridized carbons (Fsp3) is 0.304. The molecule has 1 heterocycles. The zero-order chi connectivity index (χ0) is 22.8. The maximum absolute atomic E-state index is 12.2. The summed E-state index contributed by atoms with van der Waals surface area (Å²) in [5.74, 6) is 0.840. The summed E-state index contributed by atoms with van der Waals surface area (Å²) in [6.45, 7) is 3.12. The third kappa shape index (κ3) is 7.98. The number of imidazole rings is 1. The average Bonchev–Trinajstić information content (AvgIpc) is 3.28. The molecule has 0 saturated carbocycles. The van der Waals surface area contributed by atoms with E-state index in [0.29, 0.717) is 25.6 Å². The van der Waals surface area contributed by atoms with Gasteiger partial charge in [-0.3, -0.25) is 0 Å². The number of rotatable bonds is 9. The van der Waals surface area contributed by atoms with Gasteiger partial charge in [0.15, 0.2) is 12.6 Å². The van der Waals surface area contributed by atoms with E-state index in [-0.39, 0.29) is 5.75 Å². The second-order valence-electron chi connectivity index (χ2n) is 7.15. The maximum atomic E-state index is 12.2. The largest absolute Gasteiger partial charge is 0.484 e. The van der Waals surface area contributed by atoms with Crippen LogP contribution in [0.5, 0.6) is 5.75 Å². The van der Waals surface area contributed by atoms with Gasteiger partial charge >= 0.3 is 6.18 Å². The quantitative estimate of drug-likeness (QED) is 0.384. The van der Waals surface area contributed by atoms with Gasteiger partial charge in [-0.05, 0) is 35.7 Å². The first-order valence-electron chi connectivity index (χ1n) is 10.3. The van der Waals surface area contributed by atoms with Gasteiger partial charge in [-0.25, -0.2) is 9.98 Å². The molecule has 6 nitrogen and oxygen atoms in total.